The van der Waals surface area contributed by atoms with Gasteiger partial charge >= 0.3 is 12.0 Å². The van der Waals surface area contributed by atoms with Crippen LogP contribution in [-0.2, 0) is 21.4 Å². The number of aryl methyl sites for hydroxylation is 1. The van der Waals surface area contributed by atoms with E-state index >= 15 is 0 Å². The molecule has 252 valence electrons. The molecule has 2 atom stereocenters. The lowest BCUT2D eigenvalue weighted by atomic mass is 9.84. The van der Waals surface area contributed by atoms with Crippen molar-refractivity contribution in [2.24, 2.45) is 24.8 Å². The van der Waals surface area contributed by atoms with E-state index in [0.717, 1.165) is 61.3 Å². The first-order chi connectivity index (χ1) is 22.6. The number of carbonyl (C=O) groups is 3. The molecule has 3 heterocycles. The molecule has 1 aliphatic carbocycles. The van der Waals surface area contributed by atoms with Crippen LogP contribution in [0.2, 0.25) is 0 Å². The summed E-state index contributed by atoms with van der Waals surface area (Å²) in [4.78, 5) is 48.9. The first-order valence-electron chi connectivity index (χ1n) is 16.5. The van der Waals surface area contributed by atoms with E-state index in [0.29, 0.717) is 37.5 Å². The smallest absolute Gasteiger partial charge is 0.328 e. The number of nitrogens with zero attached hydrogens (tertiary/aromatic N) is 6. The van der Waals surface area contributed by atoms with Gasteiger partial charge in [0.15, 0.2) is 0 Å². The molecular weight excluding hydrogens is 598 g/mol. The Bertz CT molecular complexity index is 1580. The van der Waals surface area contributed by atoms with Gasteiger partial charge in [-0.3, -0.25) is 14.5 Å². The van der Waals surface area contributed by atoms with Crippen LogP contribution in [0.3, 0.4) is 0 Å². The van der Waals surface area contributed by atoms with Crippen LogP contribution in [0.1, 0.15) is 44.6 Å². The number of anilines is 2. The molecule has 1 saturated carbocycles. The molecule has 12 nitrogen and oxygen atoms in total. The lowest BCUT2D eigenvalue weighted by Gasteiger charge is -2.40. The van der Waals surface area contributed by atoms with Crippen molar-refractivity contribution in [3.8, 4) is 0 Å². The number of carboxylic acid groups (broad SMARTS) is 1. The number of likely N-dealkylation sites (tertiary alicyclic amines) is 1. The van der Waals surface area contributed by atoms with Gasteiger partial charge in [0, 0.05) is 56.8 Å². The number of hydrogen-bond donors (Lipinski definition) is 2. The number of likely N-dealkylation sites (N-methyl/N-ethyl adjacent to an activating group) is 1. The monoisotopic (exact) mass is 645 g/mol. The fourth-order valence-corrected chi connectivity index (χ4v) is 6.69. The van der Waals surface area contributed by atoms with Gasteiger partial charge in [-0.2, -0.15) is 5.10 Å². The van der Waals surface area contributed by atoms with Crippen LogP contribution >= 0.6 is 0 Å². The van der Waals surface area contributed by atoms with Crippen LogP contribution in [0.25, 0.3) is 17.0 Å². The predicted octanol–water partition coefficient (Wildman–Crippen LogP) is 4.73. The summed E-state index contributed by atoms with van der Waals surface area (Å²) in [6.07, 6.45) is 11.7. The Hall–Kier alpha value is -4.29. The number of carbonyl (C=O) groups excluding carboxylic acids is 2. The molecule has 1 saturated heterocycles. The fraction of sp³-hybridized carbons (Fsp3) is 0.514. The lowest BCUT2D eigenvalue weighted by molar-refractivity contribution is -0.131. The Morgan fingerprint density at radius 2 is 1.89 bits per heavy atom. The summed E-state index contributed by atoms with van der Waals surface area (Å²) in [5.74, 6) is -0.810. The molecular formula is C35H47N7O5. The van der Waals surface area contributed by atoms with Gasteiger partial charge in [-0.15, -0.1) is 0 Å². The van der Waals surface area contributed by atoms with E-state index in [4.69, 9.17) is 9.84 Å². The van der Waals surface area contributed by atoms with Gasteiger partial charge in [-0.1, -0.05) is 19.1 Å². The van der Waals surface area contributed by atoms with Crippen molar-refractivity contribution in [3.63, 3.8) is 0 Å². The third kappa shape index (κ3) is 8.75. The standard InChI is InChI=1S/C35H47N7O5/c1-24-22-41(35(46)38-31-7-5-6-27-20-37-40(4)33(27)31)15-14-28(24)23-42(29-18-25(19-36-21-29)8-13-32(43)44)34(45)26-9-11-30(12-10-26)47-17-16-39(2)3/h5-8,13,18-21,24,26,28,30H,9-12,14-17,22-23H2,1-4H3,(H,38,46)(H,43,44). The fourth-order valence-electron chi connectivity index (χ4n) is 6.69. The number of piperidine rings is 1. The zero-order chi connectivity index (χ0) is 33.5. The molecule has 3 aromatic rings. The number of para-hydroxylation sites is 1. The second-order valence-electron chi connectivity index (χ2n) is 13.2. The summed E-state index contributed by atoms with van der Waals surface area (Å²) in [5.41, 5.74) is 2.87. The van der Waals surface area contributed by atoms with E-state index in [1.165, 1.54) is 6.08 Å². The SMILES string of the molecule is CC1CN(C(=O)Nc2cccc3cnn(C)c23)CCC1CN(C(=O)C1CCC(OCCN(C)C)CC1)c1cncc(C=CC(=O)O)c1. The van der Waals surface area contributed by atoms with Crippen molar-refractivity contribution < 1.29 is 24.2 Å². The number of aromatic nitrogens is 3. The molecule has 5 rings (SSSR count). The molecule has 3 amide bonds. The predicted molar refractivity (Wildman–Crippen MR) is 182 cm³/mol. The van der Waals surface area contributed by atoms with Crippen molar-refractivity contribution in [1.29, 1.82) is 0 Å². The normalized spacial score (nSPS) is 21.8. The molecule has 2 aliphatic rings. The maximum Gasteiger partial charge on any atom is 0.328 e. The average molecular weight is 646 g/mol. The molecule has 2 unspecified atom stereocenters. The molecule has 2 N–H and O–H groups in total. The Balaban J connectivity index is 1.27. The highest BCUT2D eigenvalue weighted by Crippen LogP contribution is 2.33. The van der Waals surface area contributed by atoms with E-state index in [9.17, 15) is 14.4 Å². The van der Waals surface area contributed by atoms with Crippen molar-refractivity contribution in [2.45, 2.75) is 45.1 Å². The van der Waals surface area contributed by atoms with Crippen LogP contribution in [0.5, 0.6) is 0 Å². The maximum atomic E-state index is 14.2. The first kappa shape index (κ1) is 34.1. The number of amides is 3. The summed E-state index contributed by atoms with van der Waals surface area (Å²) in [6, 6.07) is 7.44. The molecule has 1 aromatic carbocycles. The molecule has 0 spiro atoms. The second kappa shape index (κ2) is 15.5. The van der Waals surface area contributed by atoms with Crippen molar-refractivity contribution in [1.82, 2.24) is 24.6 Å². The van der Waals surface area contributed by atoms with Crippen LogP contribution < -0.4 is 10.2 Å². The number of benzene rings is 1. The van der Waals surface area contributed by atoms with Gasteiger partial charge in [-0.05, 0) is 81.8 Å². The number of fused-ring (bicyclic) bond motifs is 1. The molecule has 2 fully saturated rings. The molecule has 1 aliphatic heterocycles. The Morgan fingerprint density at radius 1 is 1.11 bits per heavy atom. The number of hydrogen-bond acceptors (Lipinski definition) is 7. The van der Waals surface area contributed by atoms with Gasteiger partial charge in [0.1, 0.15) is 0 Å². The topological polar surface area (TPSA) is 133 Å². The van der Waals surface area contributed by atoms with E-state index in [1.54, 1.807) is 23.3 Å². The quantitative estimate of drug-likeness (QED) is 0.286. The van der Waals surface area contributed by atoms with Crippen molar-refractivity contribution in [3.05, 3.63) is 54.5 Å². The summed E-state index contributed by atoms with van der Waals surface area (Å²) in [7, 11) is 5.91. The minimum atomic E-state index is -1.05. The third-order valence-electron chi connectivity index (χ3n) is 9.45. The van der Waals surface area contributed by atoms with E-state index in [2.05, 4.69) is 27.2 Å². The highest BCUT2D eigenvalue weighted by atomic mass is 16.5. The van der Waals surface area contributed by atoms with Crippen LogP contribution in [-0.4, -0.2) is 101 Å². The second-order valence-corrected chi connectivity index (χ2v) is 13.2. The summed E-state index contributed by atoms with van der Waals surface area (Å²) >= 11 is 0. The highest BCUT2D eigenvalue weighted by Gasteiger charge is 2.35. The lowest BCUT2D eigenvalue weighted by Crippen LogP contribution is -2.49. The number of pyridine rings is 1. The number of aliphatic carboxylic acids is 1. The number of ether oxygens (including phenoxy) is 1. The van der Waals surface area contributed by atoms with Gasteiger partial charge in [0.05, 0.1) is 42.0 Å². The zero-order valence-corrected chi connectivity index (χ0v) is 27.8. The average Bonchev–Trinajstić information content (AvgIpc) is 3.44. The van der Waals surface area contributed by atoms with E-state index < -0.39 is 5.97 Å². The molecule has 12 heteroatoms. The van der Waals surface area contributed by atoms with Crippen LogP contribution in [0, 0.1) is 17.8 Å². The number of urea groups is 1. The number of nitrogens with one attached hydrogen (secondary N) is 1. The molecule has 0 radical (unpaired) electrons. The van der Waals surface area contributed by atoms with Crippen molar-refractivity contribution >= 4 is 46.3 Å². The summed E-state index contributed by atoms with van der Waals surface area (Å²) < 4.78 is 7.84. The molecule has 2 aromatic heterocycles. The Morgan fingerprint density at radius 3 is 2.62 bits per heavy atom. The van der Waals surface area contributed by atoms with Crippen LogP contribution in [0.4, 0.5) is 16.2 Å². The van der Waals surface area contributed by atoms with Crippen LogP contribution in [0.15, 0.2) is 48.9 Å². The van der Waals surface area contributed by atoms with Gasteiger partial charge < -0.3 is 29.9 Å². The molecule has 0 bridgehead atoms. The minimum Gasteiger partial charge on any atom is -0.478 e. The van der Waals surface area contributed by atoms with E-state index in [1.807, 2.05) is 55.2 Å². The summed E-state index contributed by atoms with van der Waals surface area (Å²) in [5, 5.41) is 17.5. The Labute approximate surface area is 276 Å². The maximum absolute atomic E-state index is 14.2. The third-order valence-corrected chi connectivity index (χ3v) is 9.45. The van der Waals surface area contributed by atoms with Gasteiger partial charge in [0.25, 0.3) is 0 Å². The minimum absolute atomic E-state index is 0.0644. The zero-order valence-electron chi connectivity index (χ0n) is 27.8. The Kier molecular flexibility index (Phi) is 11.3. The first-order valence-corrected chi connectivity index (χ1v) is 16.5. The van der Waals surface area contributed by atoms with E-state index in [-0.39, 0.29) is 35.8 Å². The summed E-state index contributed by atoms with van der Waals surface area (Å²) in [6.45, 7) is 5.31. The number of rotatable bonds is 11. The van der Waals surface area contributed by atoms with Gasteiger partial charge in [-0.25, -0.2) is 9.59 Å². The number of carboxylic acids is 1. The van der Waals surface area contributed by atoms with Crippen molar-refractivity contribution in [2.75, 3.05) is 57.1 Å². The largest absolute Gasteiger partial charge is 0.478 e. The van der Waals surface area contributed by atoms with Gasteiger partial charge in [0.2, 0.25) is 5.91 Å². The highest BCUT2D eigenvalue weighted by molar-refractivity contribution is 6.00. The molecule has 47 heavy (non-hydrogen) atoms.